The van der Waals surface area contributed by atoms with Gasteiger partial charge in [0.2, 0.25) is 0 Å². The number of rotatable bonds is 2. The zero-order valence-electron chi connectivity index (χ0n) is 15.8. The monoisotopic (exact) mass is 406 g/mol. The molecule has 0 unspecified atom stereocenters. The third-order valence-corrected chi connectivity index (χ3v) is 4.73. The van der Waals surface area contributed by atoms with E-state index < -0.39 is 17.6 Å². The largest absolute Gasteiger partial charge is 0.416 e. The minimum atomic E-state index is -4.59. The number of carbonyl (C=O) groups is 2. The van der Waals surface area contributed by atoms with E-state index in [1.54, 1.807) is 23.1 Å². The highest BCUT2D eigenvalue weighted by Crippen LogP contribution is 2.31. The van der Waals surface area contributed by atoms with Crippen LogP contribution in [-0.2, 0) is 6.18 Å². The summed E-state index contributed by atoms with van der Waals surface area (Å²) in [6, 6.07) is 7.91. The number of nitrogen functional groups attached to an aromatic ring is 2. The first-order valence-corrected chi connectivity index (χ1v) is 8.98. The van der Waals surface area contributed by atoms with Gasteiger partial charge in [-0.15, -0.1) is 0 Å². The molecule has 1 saturated heterocycles. The maximum Gasteiger partial charge on any atom is 0.416 e. The highest BCUT2D eigenvalue weighted by Gasteiger charge is 2.33. The maximum absolute atomic E-state index is 13.0. The Balaban J connectivity index is 1.70. The van der Waals surface area contributed by atoms with Gasteiger partial charge in [-0.05, 0) is 48.9 Å². The number of nitrogens with zero attached hydrogens (tertiary/aromatic N) is 2. The molecule has 0 aromatic heterocycles. The van der Waals surface area contributed by atoms with Crippen molar-refractivity contribution in [3.63, 3.8) is 0 Å². The van der Waals surface area contributed by atoms with E-state index in [1.165, 1.54) is 11.0 Å². The smallest absolute Gasteiger partial charge is 0.399 e. The van der Waals surface area contributed by atoms with E-state index in [9.17, 15) is 22.8 Å². The summed E-state index contributed by atoms with van der Waals surface area (Å²) >= 11 is 0. The first-order chi connectivity index (χ1) is 13.5. The van der Waals surface area contributed by atoms with E-state index in [0.717, 1.165) is 17.7 Å². The van der Waals surface area contributed by atoms with E-state index in [2.05, 4.69) is 0 Å². The summed E-state index contributed by atoms with van der Waals surface area (Å²) in [5.74, 6) is -0.745. The van der Waals surface area contributed by atoms with Crippen LogP contribution in [0.1, 0.15) is 31.8 Å². The fraction of sp³-hybridized carbons (Fsp3) is 0.300. The quantitative estimate of drug-likeness (QED) is 0.750. The van der Waals surface area contributed by atoms with Crippen molar-refractivity contribution < 1.29 is 22.8 Å². The van der Waals surface area contributed by atoms with Gasteiger partial charge in [0, 0.05) is 48.7 Å². The lowest BCUT2D eigenvalue weighted by Crippen LogP contribution is -2.50. The molecular weight excluding hydrogens is 385 g/mol. The van der Waals surface area contributed by atoms with Crippen LogP contribution in [0.4, 0.5) is 24.5 Å². The molecule has 0 bridgehead atoms. The third-order valence-electron chi connectivity index (χ3n) is 4.73. The number of alkyl halides is 3. The second-order valence-corrected chi connectivity index (χ2v) is 7.06. The molecule has 1 heterocycles. The molecule has 2 amide bonds. The number of benzene rings is 2. The minimum Gasteiger partial charge on any atom is -0.399 e. The Morgan fingerprint density at radius 1 is 0.793 bits per heavy atom. The van der Waals surface area contributed by atoms with Crippen LogP contribution in [0.3, 0.4) is 0 Å². The van der Waals surface area contributed by atoms with E-state index in [1.807, 2.05) is 6.92 Å². The average Bonchev–Trinajstić information content (AvgIpc) is 2.65. The molecule has 4 N–H and O–H groups in total. The molecule has 6 nitrogen and oxygen atoms in total. The van der Waals surface area contributed by atoms with Crippen LogP contribution < -0.4 is 11.5 Å². The molecule has 0 saturated carbocycles. The van der Waals surface area contributed by atoms with Crippen molar-refractivity contribution in [2.24, 2.45) is 0 Å². The Morgan fingerprint density at radius 3 is 1.69 bits per heavy atom. The van der Waals surface area contributed by atoms with Crippen molar-refractivity contribution in [1.29, 1.82) is 0 Å². The van der Waals surface area contributed by atoms with Gasteiger partial charge in [0.05, 0.1) is 5.56 Å². The lowest BCUT2D eigenvalue weighted by Gasteiger charge is -2.35. The third kappa shape index (κ3) is 4.61. The molecule has 0 atom stereocenters. The van der Waals surface area contributed by atoms with E-state index in [-0.39, 0.29) is 43.3 Å². The number of piperazine rings is 1. The highest BCUT2D eigenvalue weighted by atomic mass is 19.4. The van der Waals surface area contributed by atoms with Crippen LogP contribution in [0.2, 0.25) is 0 Å². The number of halogens is 3. The topological polar surface area (TPSA) is 92.7 Å². The molecule has 2 aromatic rings. The molecule has 1 fully saturated rings. The van der Waals surface area contributed by atoms with Crippen LogP contribution in [0, 0.1) is 6.92 Å². The second-order valence-electron chi connectivity index (χ2n) is 7.06. The number of anilines is 2. The zero-order chi connectivity index (χ0) is 21.3. The molecular formula is C20H21F3N4O2. The number of hydrogen-bond acceptors (Lipinski definition) is 4. The van der Waals surface area contributed by atoms with Gasteiger partial charge in [-0.25, -0.2) is 0 Å². The Hall–Kier alpha value is -3.23. The molecule has 0 spiro atoms. The van der Waals surface area contributed by atoms with Gasteiger partial charge in [0.15, 0.2) is 0 Å². The second kappa shape index (κ2) is 7.65. The maximum atomic E-state index is 13.0. The van der Waals surface area contributed by atoms with Crippen LogP contribution >= 0.6 is 0 Å². The molecule has 0 aliphatic carbocycles. The number of aryl methyl sites for hydroxylation is 1. The highest BCUT2D eigenvalue weighted by molar-refractivity contribution is 5.97. The Morgan fingerprint density at radius 2 is 1.24 bits per heavy atom. The minimum absolute atomic E-state index is 0.122. The van der Waals surface area contributed by atoms with Crippen molar-refractivity contribution in [2.45, 2.75) is 13.1 Å². The van der Waals surface area contributed by atoms with Crippen LogP contribution in [-0.4, -0.2) is 47.8 Å². The summed E-state index contributed by atoms with van der Waals surface area (Å²) < 4.78 is 38.9. The standard InChI is InChI=1S/C20H21F3N4O2/c1-12-6-13(9-16(24)7-12)18(28)26-2-4-27(5-3-26)19(29)14-8-15(20(21,22)23)11-17(25)10-14/h6-11H,2-5,24-25H2,1H3. The van der Waals surface area contributed by atoms with Gasteiger partial charge in [-0.1, -0.05) is 0 Å². The first kappa shape index (κ1) is 20.5. The molecule has 2 aromatic carbocycles. The summed E-state index contributed by atoms with van der Waals surface area (Å²) in [5.41, 5.74) is 11.9. The molecule has 3 rings (SSSR count). The van der Waals surface area contributed by atoms with E-state index in [0.29, 0.717) is 11.3 Å². The molecule has 154 valence electrons. The van der Waals surface area contributed by atoms with Crippen molar-refractivity contribution in [3.8, 4) is 0 Å². The molecule has 1 aliphatic heterocycles. The SMILES string of the molecule is Cc1cc(N)cc(C(=O)N2CCN(C(=O)c3cc(N)cc(C(F)(F)F)c3)CC2)c1. The van der Waals surface area contributed by atoms with Crippen LogP contribution in [0.25, 0.3) is 0 Å². The Kier molecular flexibility index (Phi) is 5.41. The van der Waals surface area contributed by atoms with Gasteiger partial charge < -0.3 is 21.3 Å². The van der Waals surface area contributed by atoms with E-state index in [4.69, 9.17) is 11.5 Å². The van der Waals surface area contributed by atoms with Crippen LogP contribution in [0.5, 0.6) is 0 Å². The molecule has 1 aliphatic rings. The lowest BCUT2D eigenvalue weighted by atomic mass is 10.1. The average molecular weight is 406 g/mol. The lowest BCUT2D eigenvalue weighted by molar-refractivity contribution is -0.137. The summed E-state index contributed by atoms with van der Waals surface area (Å²) in [7, 11) is 0. The zero-order valence-corrected chi connectivity index (χ0v) is 15.8. The first-order valence-electron chi connectivity index (χ1n) is 8.98. The fourth-order valence-corrected chi connectivity index (χ4v) is 3.35. The van der Waals surface area contributed by atoms with Crippen molar-refractivity contribution in [1.82, 2.24) is 9.80 Å². The number of carbonyl (C=O) groups excluding carboxylic acids is 2. The Labute approximate surface area is 165 Å². The molecule has 0 radical (unpaired) electrons. The van der Waals surface area contributed by atoms with Crippen LogP contribution in [0.15, 0.2) is 36.4 Å². The molecule has 9 heteroatoms. The predicted octanol–water partition coefficient (Wildman–Crippen LogP) is 2.78. The van der Waals surface area contributed by atoms with Gasteiger partial charge >= 0.3 is 6.18 Å². The fourth-order valence-electron chi connectivity index (χ4n) is 3.35. The van der Waals surface area contributed by atoms with Gasteiger partial charge in [0.25, 0.3) is 11.8 Å². The normalized spacial score (nSPS) is 14.8. The van der Waals surface area contributed by atoms with Crippen molar-refractivity contribution >= 4 is 23.2 Å². The number of amides is 2. The van der Waals surface area contributed by atoms with Crippen molar-refractivity contribution in [3.05, 3.63) is 58.7 Å². The summed E-state index contributed by atoms with van der Waals surface area (Å²) in [6.07, 6.45) is -4.59. The summed E-state index contributed by atoms with van der Waals surface area (Å²) in [5, 5.41) is 0. The summed E-state index contributed by atoms with van der Waals surface area (Å²) in [4.78, 5) is 28.3. The van der Waals surface area contributed by atoms with Gasteiger partial charge in [-0.2, -0.15) is 13.2 Å². The summed E-state index contributed by atoms with van der Waals surface area (Å²) in [6.45, 7) is 2.80. The van der Waals surface area contributed by atoms with Gasteiger partial charge in [-0.3, -0.25) is 9.59 Å². The van der Waals surface area contributed by atoms with E-state index >= 15 is 0 Å². The molecule has 29 heavy (non-hydrogen) atoms. The van der Waals surface area contributed by atoms with Crippen molar-refractivity contribution in [2.75, 3.05) is 37.6 Å². The van der Waals surface area contributed by atoms with Gasteiger partial charge in [0.1, 0.15) is 0 Å². The Bertz CT molecular complexity index is 931. The number of nitrogens with two attached hydrogens (primary N) is 2. The number of hydrogen-bond donors (Lipinski definition) is 2. The predicted molar refractivity (Wildman–Crippen MR) is 103 cm³/mol.